The predicted molar refractivity (Wildman–Crippen MR) is 61.8 cm³/mol. The van der Waals surface area contributed by atoms with E-state index >= 15 is 0 Å². The first-order chi connectivity index (χ1) is 8.79. The van der Waals surface area contributed by atoms with Crippen molar-refractivity contribution in [2.45, 2.75) is 12.5 Å². The van der Waals surface area contributed by atoms with E-state index in [1.54, 1.807) is 0 Å². The summed E-state index contributed by atoms with van der Waals surface area (Å²) in [6, 6.07) is 5.95. The third kappa shape index (κ3) is 3.42. The van der Waals surface area contributed by atoms with Crippen LogP contribution in [0.25, 0.3) is 0 Å². The zero-order valence-corrected chi connectivity index (χ0v) is 9.89. The van der Waals surface area contributed by atoms with Crippen LogP contribution in [0, 0.1) is 17.1 Å². The van der Waals surface area contributed by atoms with Crippen LogP contribution >= 0.6 is 0 Å². The smallest absolute Gasteiger partial charge is 0.165 e. The summed E-state index contributed by atoms with van der Waals surface area (Å²) in [4.78, 5) is 0. The fraction of sp³-hybridized carbons (Fsp3) is 0.462. The lowest BCUT2D eigenvalue weighted by Gasteiger charge is -2.11. The summed E-state index contributed by atoms with van der Waals surface area (Å²) in [7, 11) is 0. The van der Waals surface area contributed by atoms with E-state index in [9.17, 15) is 4.39 Å². The lowest BCUT2D eigenvalue weighted by Crippen LogP contribution is -2.17. The molecule has 18 heavy (non-hydrogen) atoms. The van der Waals surface area contributed by atoms with Gasteiger partial charge in [0.15, 0.2) is 11.6 Å². The van der Waals surface area contributed by atoms with Gasteiger partial charge in [0.2, 0.25) is 0 Å². The second-order valence-electron chi connectivity index (χ2n) is 3.96. The molecule has 5 heteroatoms. The molecule has 1 aliphatic rings. The molecule has 2 rings (SSSR count). The summed E-state index contributed by atoms with van der Waals surface area (Å²) in [5, 5.41) is 8.70. The van der Waals surface area contributed by atoms with Crippen LogP contribution in [0.4, 0.5) is 4.39 Å². The van der Waals surface area contributed by atoms with Crippen LogP contribution in [0.3, 0.4) is 0 Å². The molecule has 0 aromatic heterocycles. The van der Waals surface area contributed by atoms with Gasteiger partial charge in [0, 0.05) is 12.7 Å². The van der Waals surface area contributed by atoms with Crippen LogP contribution < -0.4 is 4.74 Å². The van der Waals surface area contributed by atoms with Crippen molar-refractivity contribution >= 4 is 0 Å². The molecule has 1 heterocycles. The summed E-state index contributed by atoms with van der Waals surface area (Å²) < 4.78 is 29.2. The molecule has 1 fully saturated rings. The van der Waals surface area contributed by atoms with Crippen LogP contribution in [0.1, 0.15) is 12.0 Å². The van der Waals surface area contributed by atoms with Crippen molar-refractivity contribution in [2.24, 2.45) is 0 Å². The second-order valence-corrected chi connectivity index (χ2v) is 3.96. The van der Waals surface area contributed by atoms with E-state index in [1.165, 1.54) is 18.2 Å². The first-order valence-corrected chi connectivity index (χ1v) is 5.81. The van der Waals surface area contributed by atoms with E-state index in [1.807, 2.05) is 6.07 Å². The monoisotopic (exact) mass is 251 g/mol. The van der Waals surface area contributed by atoms with E-state index in [-0.39, 0.29) is 18.5 Å². The second kappa shape index (κ2) is 6.34. The number of halogens is 1. The zero-order valence-electron chi connectivity index (χ0n) is 9.89. The Labute approximate surface area is 105 Å². The normalized spacial score (nSPS) is 18.6. The van der Waals surface area contributed by atoms with Crippen molar-refractivity contribution in [1.82, 2.24) is 0 Å². The van der Waals surface area contributed by atoms with Gasteiger partial charge < -0.3 is 14.2 Å². The average molecular weight is 251 g/mol. The Morgan fingerprint density at radius 3 is 3.06 bits per heavy atom. The van der Waals surface area contributed by atoms with E-state index in [2.05, 4.69) is 0 Å². The van der Waals surface area contributed by atoms with Gasteiger partial charge in [-0.1, -0.05) is 0 Å². The Morgan fingerprint density at radius 2 is 2.33 bits per heavy atom. The first-order valence-electron chi connectivity index (χ1n) is 5.81. The molecule has 1 aromatic carbocycles. The molecule has 1 saturated heterocycles. The first kappa shape index (κ1) is 12.8. The van der Waals surface area contributed by atoms with Crippen molar-refractivity contribution in [3.8, 4) is 11.8 Å². The average Bonchev–Trinajstić information content (AvgIpc) is 2.89. The molecule has 96 valence electrons. The van der Waals surface area contributed by atoms with E-state index < -0.39 is 5.82 Å². The number of benzene rings is 1. The van der Waals surface area contributed by atoms with Gasteiger partial charge in [0.05, 0.1) is 31.0 Å². The molecular formula is C13H14FNO3. The molecule has 0 aliphatic carbocycles. The molecule has 4 nitrogen and oxygen atoms in total. The van der Waals surface area contributed by atoms with Crippen molar-refractivity contribution in [1.29, 1.82) is 5.26 Å². The number of ether oxygens (including phenoxy) is 3. The SMILES string of the molecule is N#Cc1ccc(F)c(OCCOC2CCOC2)c1. The number of hydrogen-bond donors (Lipinski definition) is 0. The highest BCUT2D eigenvalue weighted by molar-refractivity contribution is 5.37. The molecule has 0 spiro atoms. The molecule has 0 amide bonds. The summed E-state index contributed by atoms with van der Waals surface area (Å²) in [6.07, 6.45) is 1.00. The van der Waals surface area contributed by atoms with Gasteiger partial charge in [0.1, 0.15) is 6.61 Å². The quantitative estimate of drug-likeness (QED) is 0.750. The Hall–Kier alpha value is -1.64. The Kier molecular flexibility index (Phi) is 4.51. The standard InChI is InChI=1S/C13H14FNO3/c14-12-2-1-10(8-15)7-13(12)18-6-5-17-11-3-4-16-9-11/h1-2,7,11H,3-6,9H2. The molecule has 1 unspecified atom stereocenters. The molecule has 0 N–H and O–H groups in total. The Balaban J connectivity index is 1.77. The van der Waals surface area contributed by atoms with Crippen molar-refractivity contribution in [3.63, 3.8) is 0 Å². The zero-order chi connectivity index (χ0) is 12.8. The van der Waals surface area contributed by atoms with Crippen LogP contribution in [0.5, 0.6) is 5.75 Å². The molecular weight excluding hydrogens is 237 g/mol. The van der Waals surface area contributed by atoms with Gasteiger partial charge in [-0.25, -0.2) is 4.39 Å². The van der Waals surface area contributed by atoms with Gasteiger partial charge in [0.25, 0.3) is 0 Å². The minimum atomic E-state index is -0.474. The summed E-state index contributed by atoms with van der Waals surface area (Å²) in [5.74, 6) is -0.390. The van der Waals surface area contributed by atoms with Gasteiger partial charge in [-0.05, 0) is 18.6 Å². The van der Waals surface area contributed by atoms with Gasteiger partial charge in [-0.15, -0.1) is 0 Å². The summed E-state index contributed by atoms with van der Waals surface area (Å²) in [5.41, 5.74) is 0.372. The fourth-order valence-electron chi connectivity index (χ4n) is 1.69. The molecule has 0 bridgehead atoms. The van der Waals surface area contributed by atoms with Crippen molar-refractivity contribution in [2.75, 3.05) is 26.4 Å². The topological polar surface area (TPSA) is 51.5 Å². The maximum atomic E-state index is 13.3. The largest absolute Gasteiger partial charge is 0.488 e. The third-order valence-electron chi connectivity index (χ3n) is 2.64. The van der Waals surface area contributed by atoms with E-state index in [0.717, 1.165) is 13.0 Å². The number of rotatable bonds is 5. The minimum absolute atomic E-state index is 0.0836. The number of nitriles is 1. The third-order valence-corrected chi connectivity index (χ3v) is 2.64. The molecule has 1 atom stereocenters. The van der Waals surface area contributed by atoms with Crippen molar-refractivity contribution in [3.05, 3.63) is 29.6 Å². The molecule has 0 saturated carbocycles. The lowest BCUT2D eigenvalue weighted by atomic mass is 10.2. The van der Waals surface area contributed by atoms with Gasteiger partial charge in [-0.2, -0.15) is 5.26 Å². The van der Waals surface area contributed by atoms with Gasteiger partial charge in [-0.3, -0.25) is 0 Å². The highest BCUT2D eigenvalue weighted by Crippen LogP contribution is 2.18. The van der Waals surface area contributed by atoms with Crippen molar-refractivity contribution < 1.29 is 18.6 Å². The predicted octanol–water partition coefficient (Wildman–Crippen LogP) is 1.88. The lowest BCUT2D eigenvalue weighted by molar-refractivity contribution is 0.0260. The Bertz CT molecular complexity index is 438. The summed E-state index contributed by atoms with van der Waals surface area (Å²) >= 11 is 0. The van der Waals surface area contributed by atoms with E-state index in [4.69, 9.17) is 19.5 Å². The minimum Gasteiger partial charge on any atom is -0.488 e. The van der Waals surface area contributed by atoms with Crippen LogP contribution in [-0.2, 0) is 9.47 Å². The fourth-order valence-corrected chi connectivity index (χ4v) is 1.69. The van der Waals surface area contributed by atoms with E-state index in [0.29, 0.717) is 18.8 Å². The molecule has 0 radical (unpaired) electrons. The van der Waals surface area contributed by atoms with Crippen LogP contribution in [-0.4, -0.2) is 32.5 Å². The maximum absolute atomic E-state index is 13.3. The maximum Gasteiger partial charge on any atom is 0.165 e. The molecule has 1 aromatic rings. The Morgan fingerprint density at radius 1 is 1.44 bits per heavy atom. The summed E-state index contributed by atoms with van der Waals surface area (Å²) in [6.45, 7) is 1.97. The number of nitrogens with zero attached hydrogens (tertiary/aromatic N) is 1. The highest BCUT2D eigenvalue weighted by atomic mass is 19.1. The number of hydrogen-bond acceptors (Lipinski definition) is 4. The van der Waals surface area contributed by atoms with Gasteiger partial charge >= 0.3 is 0 Å². The highest BCUT2D eigenvalue weighted by Gasteiger charge is 2.15. The van der Waals surface area contributed by atoms with Crippen LogP contribution in [0.2, 0.25) is 0 Å². The molecule has 1 aliphatic heterocycles. The van der Waals surface area contributed by atoms with Crippen LogP contribution in [0.15, 0.2) is 18.2 Å².